The normalized spacial score (nSPS) is 12.3. The van der Waals surface area contributed by atoms with Gasteiger partial charge < -0.3 is 24.5 Å². The Hall–Kier alpha value is -3.17. The van der Waals surface area contributed by atoms with Crippen molar-refractivity contribution >= 4 is 29.0 Å². The number of amides is 1. The van der Waals surface area contributed by atoms with Gasteiger partial charge in [-0.05, 0) is 61.5 Å². The maximum Gasteiger partial charge on any atom is 0.262 e. The average molecular weight is 442 g/mol. The van der Waals surface area contributed by atoms with Gasteiger partial charge >= 0.3 is 0 Å². The second-order valence-corrected chi connectivity index (χ2v) is 7.46. The molecule has 2 heterocycles. The van der Waals surface area contributed by atoms with E-state index in [1.165, 1.54) is 4.57 Å². The molecule has 9 heteroatoms. The van der Waals surface area contributed by atoms with Crippen LogP contribution in [-0.4, -0.2) is 42.0 Å². The van der Waals surface area contributed by atoms with Crippen LogP contribution in [0.4, 0.5) is 0 Å². The van der Waals surface area contributed by atoms with E-state index in [2.05, 4.69) is 10.3 Å². The topological polar surface area (TPSA) is 94.6 Å². The van der Waals surface area contributed by atoms with Crippen LogP contribution < -0.4 is 20.3 Å². The van der Waals surface area contributed by atoms with Crippen molar-refractivity contribution in [2.75, 3.05) is 26.6 Å². The highest BCUT2D eigenvalue weighted by atomic mass is 32.1. The third-order valence-electron chi connectivity index (χ3n) is 4.98. The summed E-state index contributed by atoms with van der Waals surface area (Å²) in [6.07, 6.45) is 0.736. The smallest absolute Gasteiger partial charge is 0.262 e. The Morgan fingerprint density at radius 1 is 1.23 bits per heavy atom. The Morgan fingerprint density at radius 2 is 2.06 bits per heavy atom. The molecule has 8 nitrogen and oxygen atoms in total. The lowest BCUT2D eigenvalue weighted by Crippen LogP contribution is -2.26. The van der Waals surface area contributed by atoms with Gasteiger partial charge in [-0.2, -0.15) is 0 Å². The summed E-state index contributed by atoms with van der Waals surface area (Å²) in [6.45, 7) is 4.19. The number of nitrogens with zero attached hydrogens (tertiary/aromatic N) is 1. The summed E-state index contributed by atoms with van der Waals surface area (Å²) in [5.74, 6) is 1.13. The van der Waals surface area contributed by atoms with Crippen molar-refractivity contribution in [3.8, 4) is 11.5 Å². The second-order valence-electron chi connectivity index (χ2n) is 7.08. The number of aromatic amines is 1. The lowest BCUT2D eigenvalue weighted by molar-refractivity contribution is 0.0944. The number of nitrogens with one attached hydrogen (secondary N) is 2. The molecule has 162 valence electrons. The molecule has 0 atom stereocenters. The van der Waals surface area contributed by atoms with Gasteiger partial charge in [0.1, 0.15) is 0 Å². The molecule has 0 fully saturated rings. The Kier molecular flexibility index (Phi) is 6.34. The Bertz CT molecular complexity index is 1230. The van der Waals surface area contributed by atoms with Crippen LogP contribution in [0.1, 0.15) is 29.3 Å². The molecule has 0 bridgehead atoms. The monoisotopic (exact) mass is 441 g/mol. The minimum atomic E-state index is -0.222. The van der Waals surface area contributed by atoms with E-state index in [-0.39, 0.29) is 23.0 Å². The zero-order valence-corrected chi connectivity index (χ0v) is 17.9. The van der Waals surface area contributed by atoms with Crippen molar-refractivity contribution in [2.45, 2.75) is 19.9 Å². The van der Waals surface area contributed by atoms with Crippen LogP contribution in [0.2, 0.25) is 0 Å². The van der Waals surface area contributed by atoms with E-state index in [0.29, 0.717) is 54.3 Å². The highest BCUT2D eigenvalue weighted by Crippen LogP contribution is 2.32. The van der Waals surface area contributed by atoms with E-state index in [0.717, 1.165) is 12.0 Å². The summed E-state index contributed by atoms with van der Waals surface area (Å²) in [4.78, 5) is 28.5. The predicted octanol–water partition coefficient (Wildman–Crippen LogP) is 2.99. The first-order valence-corrected chi connectivity index (χ1v) is 10.5. The summed E-state index contributed by atoms with van der Waals surface area (Å²) in [5, 5.41) is 3.31. The van der Waals surface area contributed by atoms with E-state index >= 15 is 0 Å². The zero-order chi connectivity index (χ0) is 21.8. The number of hydrogen-bond donors (Lipinski definition) is 2. The summed E-state index contributed by atoms with van der Waals surface area (Å²) in [5.41, 5.74) is 1.63. The minimum absolute atomic E-state index is 0.192. The fourth-order valence-corrected chi connectivity index (χ4v) is 3.64. The van der Waals surface area contributed by atoms with E-state index in [9.17, 15) is 9.59 Å². The zero-order valence-electron chi connectivity index (χ0n) is 17.1. The fraction of sp³-hybridized carbons (Fsp3) is 0.318. The van der Waals surface area contributed by atoms with E-state index < -0.39 is 0 Å². The number of ether oxygens (including phenoxy) is 3. The minimum Gasteiger partial charge on any atom is -0.454 e. The molecule has 1 aliphatic heterocycles. The molecule has 31 heavy (non-hydrogen) atoms. The van der Waals surface area contributed by atoms with Crippen molar-refractivity contribution in [3.05, 3.63) is 62.6 Å². The van der Waals surface area contributed by atoms with Crippen LogP contribution in [0.25, 0.3) is 10.9 Å². The molecule has 0 radical (unpaired) electrons. The molecule has 2 aromatic carbocycles. The molecule has 4 rings (SSSR count). The van der Waals surface area contributed by atoms with Gasteiger partial charge in [0.2, 0.25) is 6.79 Å². The van der Waals surface area contributed by atoms with Crippen LogP contribution >= 0.6 is 12.2 Å². The molecule has 0 saturated carbocycles. The number of aromatic nitrogens is 2. The first-order valence-electron chi connectivity index (χ1n) is 10.1. The molecule has 0 saturated heterocycles. The number of H-pyrrole nitrogens is 1. The van der Waals surface area contributed by atoms with Gasteiger partial charge in [-0.1, -0.05) is 6.07 Å². The Morgan fingerprint density at radius 3 is 2.90 bits per heavy atom. The third-order valence-corrected chi connectivity index (χ3v) is 5.30. The van der Waals surface area contributed by atoms with Crippen molar-refractivity contribution < 1.29 is 19.0 Å². The molecule has 0 unspecified atom stereocenters. The van der Waals surface area contributed by atoms with Crippen LogP contribution in [0.3, 0.4) is 0 Å². The van der Waals surface area contributed by atoms with Gasteiger partial charge in [-0.3, -0.25) is 14.2 Å². The fourth-order valence-electron chi connectivity index (χ4n) is 3.38. The maximum atomic E-state index is 13.0. The van der Waals surface area contributed by atoms with Gasteiger partial charge in [0.15, 0.2) is 16.3 Å². The Balaban J connectivity index is 1.55. The van der Waals surface area contributed by atoms with Gasteiger partial charge in [0.25, 0.3) is 11.5 Å². The predicted molar refractivity (Wildman–Crippen MR) is 119 cm³/mol. The third kappa shape index (κ3) is 4.62. The highest BCUT2D eigenvalue weighted by molar-refractivity contribution is 7.71. The summed E-state index contributed by atoms with van der Waals surface area (Å²) in [7, 11) is 0. The quantitative estimate of drug-likeness (QED) is 0.412. The highest BCUT2D eigenvalue weighted by Gasteiger charge is 2.15. The SMILES string of the molecule is CCOCCCNC(=O)c1ccc2c(=O)n(Cc3ccc4c(c3)OCO4)c(=S)[nH]c2c1. The van der Waals surface area contributed by atoms with E-state index in [4.69, 9.17) is 26.4 Å². The van der Waals surface area contributed by atoms with Crippen molar-refractivity contribution in [1.29, 1.82) is 0 Å². The van der Waals surface area contributed by atoms with Crippen LogP contribution in [0.5, 0.6) is 11.5 Å². The molecule has 3 aromatic rings. The van der Waals surface area contributed by atoms with Crippen LogP contribution in [0.15, 0.2) is 41.2 Å². The first kappa shape index (κ1) is 21.1. The van der Waals surface area contributed by atoms with Gasteiger partial charge in [-0.15, -0.1) is 0 Å². The molecule has 0 spiro atoms. The number of carbonyl (C=O) groups is 1. The van der Waals surface area contributed by atoms with Crippen LogP contribution in [0, 0.1) is 4.77 Å². The number of carbonyl (C=O) groups excluding carboxylic acids is 1. The summed E-state index contributed by atoms with van der Waals surface area (Å²) < 4.78 is 17.8. The number of hydrogen-bond acceptors (Lipinski definition) is 6. The first-order chi connectivity index (χ1) is 15.1. The largest absolute Gasteiger partial charge is 0.454 e. The van der Waals surface area contributed by atoms with Crippen molar-refractivity contribution in [1.82, 2.24) is 14.9 Å². The number of benzene rings is 2. The van der Waals surface area contributed by atoms with E-state index in [1.807, 2.05) is 25.1 Å². The Labute approximate surface area is 183 Å². The second kappa shape index (κ2) is 9.32. The number of rotatable bonds is 8. The van der Waals surface area contributed by atoms with Gasteiger partial charge in [0.05, 0.1) is 17.4 Å². The maximum absolute atomic E-state index is 13.0. The lowest BCUT2D eigenvalue weighted by Gasteiger charge is -2.10. The molecule has 0 aliphatic carbocycles. The molecule has 1 aliphatic rings. The van der Waals surface area contributed by atoms with Gasteiger partial charge in [-0.25, -0.2) is 0 Å². The average Bonchev–Trinajstić information content (AvgIpc) is 3.24. The molecule has 1 amide bonds. The van der Waals surface area contributed by atoms with Crippen molar-refractivity contribution in [2.24, 2.45) is 0 Å². The molecule has 2 N–H and O–H groups in total. The van der Waals surface area contributed by atoms with Gasteiger partial charge in [0, 0.05) is 25.3 Å². The standard InChI is InChI=1S/C22H23N3O5S/c1-2-28-9-3-8-23-20(26)15-5-6-16-17(11-15)24-22(31)25(21(16)27)12-14-4-7-18-19(10-14)30-13-29-18/h4-7,10-11H,2-3,8-9,12-13H2,1H3,(H,23,26)(H,24,31). The van der Waals surface area contributed by atoms with E-state index in [1.54, 1.807) is 18.2 Å². The van der Waals surface area contributed by atoms with Crippen molar-refractivity contribution in [3.63, 3.8) is 0 Å². The van der Waals surface area contributed by atoms with Crippen LogP contribution in [-0.2, 0) is 11.3 Å². The molecular weight excluding hydrogens is 418 g/mol. The number of fused-ring (bicyclic) bond motifs is 2. The lowest BCUT2D eigenvalue weighted by atomic mass is 10.1. The summed E-state index contributed by atoms with van der Waals surface area (Å²) in [6, 6.07) is 10.5. The summed E-state index contributed by atoms with van der Waals surface area (Å²) >= 11 is 5.42. The molecular formula is C22H23N3O5S. The molecule has 1 aromatic heterocycles.